The summed E-state index contributed by atoms with van der Waals surface area (Å²) < 4.78 is 5.63. The molecular formula is C17H29NaO. The van der Waals surface area contributed by atoms with Crippen LogP contribution in [0.25, 0.3) is 0 Å². The van der Waals surface area contributed by atoms with Crippen molar-refractivity contribution in [3.63, 3.8) is 0 Å². The molecule has 0 saturated heterocycles. The molecule has 1 nitrogen and oxygen atoms in total. The Balaban J connectivity index is 0. The van der Waals surface area contributed by atoms with E-state index in [1.54, 1.807) is 0 Å². The van der Waals surface area contributed by atoms with Gasteiger partial charge in [0.25, 0.3) is 0 Å². The summed E-state index contributed by atoms with van der Waals surface area (Å²) in [6.07, 6.45) is 9.35. The topological polar surface area (TPSA) is 9.23 Å². The van der Waals surface area contributed by atoms with Gasteiger partial charge in [0.15, 0.2) is 0 Å². The zero-order valence-electron chi connectivity index (χ0n) is 11.9. The maximum absolute atomic E-state index is 5.63. The average molecular weight is 272 g/mol. The molecule has 0 spiro atoms. The van der Waals surface area contributed by atoms with Gasteiger partial charge >= 0.3 is 29.6 Å². The van der Waals surface area contributed by atoms with Gasteiger partial charge in [-0.25, -0.2) is 0 Å². The maximum atomic E-state index is 5.63. The van der Waals surface area contributed by atoms with Crippen LogP contribution in [0.2, 0.25) is 0 Å². The van der Waals surface area contributed by atoms with E-state index >= 15 is 0 Å². The van der Waals surface area contributed by atoms with Crippen molar-refractivity contribution in [1.29, 1.82) is 0 Å². The average Bonchev–Trinajstić information content (AvgIpc) is 2.45. The Kier molecular flexibility index (Phi) is 19.7. The minimum absolute atomic E-state index is 0. The fourth-order valence-electron chi connectivity index (χ4n) is 1.77. The summed E-state index contributed by atoms with van der Waals surface area (Å²) in [5.74, 6) is 0.994. The Morgan fingerprint density at radius 2 is 1.37 bits per heavy atom. The monoisotopic (exact) mass is 272 g/mol. The number of ether oxygens (including phenoxy) is 1. The third-order valence-electron chi connectivity index (χ3n) is 2.76. The number of benzene rings is 1. The number of rotatable bonds is 9. The summed E-state index contributed by atoms with van der Waals surface area (Å²) in [6, 6.07) is 10.1. The van der Waals surface area contributed by atoms with E-state index < -0.39 is 0 Å². The molecule has 1 aromatic carbocycles. The van der Waals surface area contributed by atoms with Crippen molar-refractivity contribution in [2.75, 3.05) is 6.61 Å². The van der Waals surface area contributed by atoms with Gasteiger partial charge in [-0.3, -0.25) is 0 Å². The molecule has 0 N–H and O–H groups in total. The Morgan fingerprint density at radius 1 is 0.842 bits per heavy atom. The number of hydrogen-bond acceptors (Lipinski definition) is 1. The molecule has 2 heteroatoms. The summed E-state index contributed by atoms with van der Waals surface area (Å²) in [5.41, 5.74) is 0. The first-order valence-corrected chi connectivity index (χ1v) is 7.11. The molecule has 0 amide bonds. The van der Waals surface area contributed by atoms with Crippen LogP contribution in [-0.4, -0.2) is 36.2 Å². The van der Waals surface area contributed by atoms with Gasteiger partial charge in [0, 0.05) is 0 Å². The quantitative estimate of drug-likeness (QED) is 0.350. The molecule has 104 valence electrons. The predicted octanol–water partition coefficient (Wildman–Crippen LogP) is 4.97. The summed E-state index contributed by atoms with van der Waals surface area (Å²) in [4.78, 5) is 0. The van der Waals surface area contributed by atoms with Crippen LogP contribution in [-0.2, 0) is 0 Å². The van der Waals surface area contributed by atoms with Crippen LogP contribution >= 0.6 is 0 Å². The molecule has 0 aliphatic heterocycles. The molecule has 0 heterocycles. The van der Waals surface area contributed by atoms with Crippen molar-refractivity contribution in [3.05, 3.63) is 43.5 Å². The van der Waals surface area contributed by atoms with Crippen LogP contribution in [0, 0.1) is 0 Å². The first-order valence-electron chi connectivity index (χ1n) is 7.11. The molecule has 0 aliphatic rings. The summed E-state index contributed by atoms with van der Waals surface area (Å²) in [6.45, 7) is 9.12. The Hall–Kier alpha value is -0.240. The minimum atomic E-state index is 0. The standard InChI is InChI=1S/C15H24O.C2H4.Na.H/c1-2-3-4-5-6-7-11-14-16-15-12-9-8-10-13-15;1-2;;/h8-10,12-13H,2-7,11,14H2,1H3;1-2H2;;. The van der Waals surface area contributed by atoms with E-state index in [-0.39, 0.29) is 29.6 Å². The molecule has 19 heavy (non-hydrogen) atoms. The van der Waals surface area contributed by atoms with Crippen molar-refractivity contribution in [2.24, 2.45) is 0 Å². The van der Waals surface area contributed by atoms with E-state index in [1.165, 1.54) is 44.9 Å². The summed E-state index contributed by atoms with van der Waals surface area (Å²) in [7, 11) is 0. The Morgan fingerprint density at radius 3 is 1.95 bits per heavy atom. The molecule has 0 radical (unpaired) electrons. The summed E-state index contributed by atoms with van der Waals surface area (Å²) >= 11 is 0. The van der Waals surface area contributed by atoms with Gasteiger partial charge < -0.3 is 4.74 Å². The first kappa shape index (κ1) is 21.1. The van der Waals surface area contributed by atoms with E-state index in [1.807, 2.05) is 30.3 Å². The number of hydrogen-bond donors (Lipinski definition) is 0. The van der Waals surface area contributed by atoms with Crippen LogP contribution in [0.5, 0.6) is 5.75 Å². The van der Waals surface area contributed by atoms with E-state index in [4.69, 9.17) is 4.74 Å². The second-order valence-corrected chi connectivity index (χ2v) is 4.28. The third kappa shape index (κ3) is 14.0. The van der Waals surface area contributed by atoms with Crippen LogP contribution in [0.3, 0.4) is 0 Å². The normalized spacial score (nSPS) is 8.89. The zero-order valence-corrected chi connectivity index (χ0v) is 11.9. The second-order valence-electron chi connectivity index (χ2n) is 4.28. The van der Waals surface area contributed by atoms with Crippen molar-refractivity contribution >= 4 is 29.6 Å². The van der Waals surface area contributed by atoms with Gasteiger partial charge in [0.05, 0.1) is 6.61 Å². The number of unbranched alkanes of at least 4 members (excludes halogenated alkanes) is 6. The van der Waals surface area contributed by atoms with Crippen LogP contribution < -0.4 is 4.74 Å². The van der Waals surface area contributed by atoms with E-state index in [2.05, 4.69) is 20.1 Å². The van der Waals surface area contributed by atoms with E-state index in [9.17, 15) is 0 Å². The van der Waals surface area contributed by atoms with Gasteiger partial charge in [0.1, 0.15) is 5.75 Å². The van der Waals surface area contributed by atoms with Gasteiger partial charge in [-0.15, -0.1) is 13.2 Å². The van der Waals surface area contributed by atoms with Crippen molar-refractivity contribution in [2.45, 2.75) is 51.9 Å². The van der Waals surface area contributed by atoms with Crippen molar-refractivity contribution < 1.29 is 4.74 Å². The predicted molar refractivity (Wildman–Crippen MR) is 88.3 cm³/mol. The van der Waals surface area contributed by atoms with Crippen molar-refractivity contribution in [1.82, 2.24) is 0 Å². The van der Waals surface area contributed by atoms with Gasteiger partial charge in [-0.1, -0.05) is 63.6 Å². The molecule has 0 aromatic heterocycles. The molecule has 1 aromatic rings. The molecule has 1 rings (SSSR count). The molecule has 0 bridgehead atoms. The van der Waals surface area contributed by atoms with Gasteiger partial charge in [-0.05, 0) is 18.6 Å². The van der Waals surface area contributed by atoms with Gasteiger partial charge in [-0.2, -0.15) is 0 Å². The zero-order chi connectivity index (χ0) is 13.5. The number of para-hydroxylation sites is 1. The van der Waals surface area contributed by atoms with Crippen molar-refractivity contribution in [3.8, 4) is 5.75 Å². The molecular weight excluding hydrogens is 243 g/mol. The van der Waals surface area contributed by atoms with E-state index in [0.717, 1.165) is 12.4 Å². The van der Waals surface area contributed by atoms with E-state index in [0.29, 0.717) is 0 Å². The van der Waals surface area contributed by atoms with Crippen LogP contribution in [0.4, 0.5) is 0 Å². The fraction of sp³-hybridized carbons (Fsp3) is 0.529. The third-order valence-corrected chi connectivity index (χ3v) is 2.76. The first-order chi connectivity index (χ1) is 8.93. The molecule has 0 saturated carbocycles. The molecule has 0 aliphatic carbocycles. The fourth-order valence-corrected chi connectivity index (χ4v) is 1.77. The second kappa shape index (κ2) is 17.8. The molecule has 0 unspecified atom stereocenters. The molecule has 0 fully saturated rings. The Bertz CT molecular complexity index is 261. The van der Waals surface area contributed by atoms with Gasteiger partial charge in [0.2, 0.25) is 0 Å². The Labute approximate surface area is 141 Å². The van der Waals surface area contributed by atoms with Crippen LogP contribution in [0.15, 0.2) is 43.5 Å². The van der Waals surface area contributed by atoms with Crippen LogP contribution in [0.1, 0.15) is 51.9 Å². The summed E-state index contributed by atoms with van der Waals surface area (Å²) in [5, 5.41) is 0. The SMILES string of the molecule is C=C.CCCCCCCCCOc1ccccc1.[NaH]. The molecule has 0 atom stereocenters.